The first-order valence-electron chi connectivity index (χ1n) is 11.5. The van der Waals surface area contributed by atoms with Crippen LogP contribution in [0.3, 0.4) is 0 Å². The molecule has 4 unspecified atom stereocenters. The highest BCUT2D eigenvalue weighted by atomic mass is 16.6. The van der Waals surface area contributed by atoms with Crippen LogP contribution in [0, 0.1) is 0 Å². The molecule has 1 rings (SSSR count). The summed E-state index contributed by atoms with van der Waals surface area (Å²) in [6, 6.07) is 0. The fourth-order valence-electron chi connectivity index (χ4n) is 3.37. The number of aliphatic hydroxyl groups is 8. The van der Waals surface area contributed by atoms with Crippen LogP contribution in [0.25, 0.3) is 0 Å². The number of ether oxygens (including phenoxy) is 2. The van der Waals surface area contributed by atoms with Crippen LogP contribution >= 0.6 is 0 Å². The zero-order valence-corrected chi connectivity index (χ0v) is 21.0. The molecule has 0 spiro atoms. The Morgan fingerprint density at radius 3 is 2.35 bits per heavy atom. The molecule has 1 aliphatic heterocycles. The molecule has 4 atom stereocenters. The van der Waals surface area contributed by atoms with E-state index >= 15 is 0 Å². The summed E-state index contributed by atoms with van der Waals surface area (Å²) in [6.45, 7) is 7.36. The number of hydrogen-bond donors (Lipinski definition) is 8. The number of esters is 1. The quantitative estimate of drug-likeness (QED) is 0.106. The molecule has 0 amide bonds. The van der Waals surface area contributed by atoms with Crippen molar-refractivity contribution in [3.63, 3.8) is 0 Å². The second kappa shape index (κ2) is 14.8. The Balaban J connectivity index is 3.49. The van der Waals surface area contributed by atoms with Crippen molar-refractivity contribution >= 4 is 5.97 Å². The lowest BCUT2D eigenvalue weighted by Crippen LogP contribution is -2.39. The van der Waals surface area contributed by atoms with Gasteiger partial charge in [-0.2, -0.15) is 0 Å². The normalized spacial score (nSPS) is 21.8. The van der Waals surface area contributed by atoms with E-state index in [1.54, 1.807) is 6.92 Å². The van der Waals surface area contributed by atoms with Gasteiger partial charge in [-0.1, -0.05) is 19.6 Å². The third-order valence-corrected chi connectivity index (χ3v) is 5.30. The van der Waals surface area contributed by atoms with E-state index in [0.717, 1.165) is 12.2 Å². The number of hydrogen-bond acceptors (Lipinski definition) is 11. The highest BCUT2D eigenvalue weighted by Crippen LogP contribution is 2.34. The Morgan fingerprint density at radius 2 is 1.86 bits per heavy atom. The van der Waals surface area contributed by atoms with Crippen molar-refractivity contribution in [1.29, 1.82) is 0 Å². The minimum atomic E-state index is -1.14. The topological polar surface area (TPSA) is 197 Å². The molecule has 206 valence electrons. The van der Waals surface area contributed by atoms with E-state index in [4.69, 9.17) is 9.47 Å². The minimum absolute atomic E-state index is 0.00225. The van der Waals surface area contributed by atoms with E-state index in [-0.39, 0.29) is 35.3 Å². The van der Waals surface area contributed by atoms with E-state index in [0.29, 0.717) is 6.26 Å². The zero-order valence-electron chi connectivity index (χ0n) is 21.0. The number of rotatable bonds is 12. The summed E-state index contributed by atoms with van der Waals surface area (Å²) in [5, 5.41) is 78.1. The average Bonchev–Trinajstić information content (AvgIpc) is 2.84. The van der Waals surface area contributed by atoms with Crippen molar-refractivity contribution in [2.45, 2.75) is 64.4 Å². The molecule has 0 saturated heterocycles. The summed E-state index contributed by atoms with van der Waals surface area (Å²) < 4.78 is 11.5. The predicted octanol–water partition coefficient (Wildman–Crippen LogP) is 3.26. The molecule has 11 heteroatoms. The van der Waals surface area contributed by atoms with E-state index in [1.165, 1.54) is 26.0 Å². The first-order valence-corrected chi connectivity index (χ1v) is 11.5. The third kappa shape index (κ3) is 9.37. The summed E-state index contributed by atoms with van der Waals surface area (Å²) >= 11 is 0. The lowest BCUT2D eigenvalue weighted by Gasteiger charge is -2.35. The number of allylic oxidation sites excluding steroid dienone is 3. The SMILES string of the molecule is C=C(O)C1=C(/C=C/O)OC(C(/C=C(/CO)C(C)O)=C/C(C)O)C(OC(=O)C/C=C(O)\C(O)=C(\O)CC)C1. The summed E-state index contributed by atoms with van der Waals surface area (Å²) in [6.07, 6.45) is 0.529. The molecule has 1 aliphatic rings. The molecule has 0 radical (unpaired) electrons. The lowest BCUT2D eigenvalue weighted by molar-refractivity contribution is -0.154. The van der Waals surface area contributed by atoms with Gasteiger partial charge in [0.2, 0.25) is 0 Å². The maximum Gasteiger partial charge on any atom is 0.310 e. The second-order valence-corrected chi connectivity index (χ2v) is 8.28. The van der Waals surface area contributed by atoms with Gasteiger partial charge in [0.1, 0.15) is 23.4 Å². The molecule has 37 heavy (non-hydrogen) atoms. The zero-order chi connectivity index (χ0) is 28.3. The largest absolute Gasteiger partial charge is 0.515 e. The summed E-state index contributed by atoms with van der Waals surface area (Å²) in [5.74, 6) is -3.26. The Bertz CT molecular complexity index is 1010. The standard InChI is InChI=1S/C26H36O11/c1-5-20(32)25(35)21(33)6-7-24(34)36-23-12-19(16(4)31)22(8-9-27)37-26(23)17(10-14(2)29)11-18(13-28)15(3)30/h6,8-11,14-15,23,26-33,35H,4-5,7,12-13H2,1-3H3/b9-8+,17-10+,18-11-,21-6+,25-20-. The van der Waals surface area contributed by atoms with Crippen molar-refractivity contribution in [2.24, 2.45) is 0 Å². The number of carbonyl (C=O) groups excluding carboxylic acids is 1. The molecule has 0 saturated carbocycles. The van der Waals surface area contributed by atoms with Crippen molar-refractivity contribution in [2.75, 3.05) is 6.61 Å². The lowest BCUT2D eigenvalue weighted by atomic mass is 9.91. The Hall–Kier alpha value is -3.67. The van der Waals surface area contributed by atoms with Crippen LogP contribution in [0.1, 0.15) is 40.0 Å². The van der Waals surface area contributed by atoms with Crippen LogP contribution in [0.5, 0.6) is 0 Å². The molecule has 0 aromatic heterocycles. The van der Waals surface area contributed by atoms with Gasteiger partial charge in [0.25, 0.3) is 0 Å². The van der Waals surface area contributed by atoms with Gasteiger partial charge in [-0.25, -0.2) is 0 Å². The van der Waals surface area contributed by atoms with Crippen molar-refractivity contribution in [1.82, 2.24) is 0 Å². The van der Waals surface area contributed by atoms with Crippen LogP contribution < -0.4 is 0 Å². The Labute approximate surface area is 215 Å². The Kier molecular flexibility index (Phi) is 12.5. The Morgan fingerprint density at radius 1 is 1.22 bits per heavy atom. The second-order valence-electron chi connectivity index (χ2n) is 8.28. The van der Waals surface area contributed by atoms with Gasteiger partial charge in [-0.05, 0) is 37.1 Å². The molecular formula is C26H36O11. The first kappa shape index (κ1) is 31.4. The van der Waals surface area contributed by atoms with Crippen molar-refractivity contribution < 1.29 is 55.1 Å². The fraction of sp³-hybridized carbons (Fsp3) is 0.423. The van der Waals surface area contributed by atoms with Gasteiger partial charge in [0.05, 0.1) is 31.5 Å². The van der Waals surface area contributed by atoms with Crippen LogP contribution in [-0.2, 0) is 14.3 Å². The van der Waals surface area contributed by atoms with Crippen LogP contribution in [0.2, 0.25) is 0 Å². The monoisotopic (exact) mass is 524 g/mol. The predicted molar refractivity (Wildman–Crippen MR) is 134 cm³/mol. The van der Waals surface area contributed by atoms with E-state index < -0.39 is 66.4 Å². The molecule has 1 heterocycles. The summed E-state index contributed by atoms with van der Waals surface area (Å²) in [5.41, 5.74) is 0.507. The van der Waals surface area contributed by atoms with Crippen molar-refractivity contribution in [3.8, 4) is 0 Å². The van der Waals surface area contributed by atoms with Gasteiger partial charge in [0.15, 0.2) is 17.6 Å². The highest BCUT2D eigenvalue weighted by Gasteiger charge is 2.37. The van der Waals surface area contributed by atoms with Gasteiger partial charge >= 0.3 is 5.97 Å². The van der Waals surface area contributed by atoms with Gasteiger partial charge in [0, 0.05) is 24.5 Å². The molecular weight excluding hydrogens is 488 g/mol. The van der Waals surface area contributed by atoms with Crippen molar-refractivity contribution in [3.05, 3.63) is 82.7 Å². The van der Waals surface area contributed by atoms with E-state index in [9.17, 15) is 45.6 Å². The maximum absolute atomic E-state index is 12.6. The molecule has 0 fully saturated rings. The number of aliphatic hydroxyl groups excluding tert-OH is 8. The molecule has 0 aliphatic carbocycles. The molecule has 11 nitrogen and oxygen atoms in total. The van der Waals surface area contributed by atoms with Crippen LogP contribution in [-0.4, -0.2) is 77.8 Å². The van der Waals surface area contributed by atoms with E-state index in [1.807, 2.05) is 0 Å². The summed E-state index contributed by atoms with van der Waals surface area (Å²) in [7, 11) is 0. The fourth-order valence-corrected chi connectivity index (χ4v) is 3.37. The minimum Gasteiger partial charge on any atom is -0.515 e. The highest BCUT2D eigenvalue weighted by molar-refractivity contribution is 5.72. The van der Waals surface area contributed by atoms with Crippen LogP contribution in [0.4, 0.5) is 0 Å². The van der Waals surface area contributed by atoms with Gasteiger partial charge in [-0.15, -0.1) is 0 Å². The smallest absolute Gasteiger partial charge is 0.310 e. The average molecular weight is 525 g/mol. The molecule has 0 aromatic rings. The molecule has 8 N–H and O–H groups in total. The first-order chi connectivity index (χ1) is 17.4. The summed E-state index contributed by atoms with van der Waals surface area (Å²) in [4.78, 5) is 12.6. The van der Waals surface area contributed by atoms with Gasteiger partial charge < -0.3 is 50.3 Å². The van der Waals surface area contributed by atoms with Crippen LogP contribution in [0.15, 0.2) is 82.7 Å². The van der Waals surface area contributed by atoms with E-state index in [2.05, 4.69) is 6.58 Å². The third-order valence-electron chi connectivity index (χ3n) is 5.30. The molecule has 0 aromatic carbocycles. The maximum atomic E-state index is 12.6. The number of carbonyl (C=O) groups is 1. The van der Waals surface area contributed by atoms with Gasteiger partial charge in [-0.3, -0.25) is 4.79 Å². The molecule has 0 bridgehead atoms.